The fourth-order valence-corrected chi connectivity index (χ4v) is 3.67. The van der Waals surface area contributed by atoms with Crippen LogP contribution < -0.4 is 10.1 Å². The van der Waals surface area contributed by atoms with Gasteiger partial charge >= 0.3 is 6.09 Å². The van der Waals surface area contributed by atoms with Crippen LogP contribution in [0.3, 0.4) is 0 Å². The number of aryl methyl sites for hydroxylation is 1. The monoisotopic (exact) mass is 375 g/mol. The van der Waals surface area contributed by atoms with Gasteiger partial charge in [-0.3, -0.25) is 10.1 Å². The minimum absolute atomic E-state index is 0.00548. The molecule has 26 heavy (non-hydrogen) atoms. The Bertz CT molecular complexity index is 805. The standard InChI is InChI=1S/C18H21N3O4S/c1-3-24-18(23)20-17-19-14-7-8-21(10-15(14)26-17)16(22)11-25-13-6-4-5-12(2)9-13/h4-6,9H,3,7-8,10-11H2,1-2H3,(H,19,20,23). The van der Waals surface area contributed by atoms with Crippen molar-refractivity contribution in [1.82, 2.24) is 9.88 Å². The summed E-state index contributed by atoms with van der Waals surface area (Å²) >= 11 is 1.37. The van der Waals surface area contributed by atoms with E-state index in [-0.39, 0.29) is 12.5 Å². The molecule has 0 saturated heterocycles. The maximum Gasteiger partial charge on any atom is 0.413 e. The van der Waals surface area contributed by atoms with E-state index in [9.17, 15) is 9.59 Å². The first-order valence-corrected chi connectivity index (χ1v) is 9.26. The zero-order valence-corrected chi connectivity index (χ0v) is 15.6. The third-order valence-corrected chi connectivity index (χ3v) is 4.92. The molecular weight excluding hydrogens is 354 g/mol. The fraction of sp³-hybridized carbons (Fsp3) is 0.389. The summed E-state index contributed by atoms with van der Waals surface area (Å²) in [6.07, 6.45) is 0.144. The van der Waals surface area contributed by atoms with E-state index in [1.807, 2.05) is 31.2 Å². The highest BCUT2D eigenvalue weighted by Gasteiger charge is 2.25. The van der Waals surface area contributed by atoms with Gasteiger partial charge in [0, 0.05) is 17.8 Å². The Hall–Kier alpha value is -2.61. The van der Waals surface area contributed by atoms with Gasteiger partial charge in [-0.05, 0) is 31.5 Å². The molecule has 0 radical (unpaired) electrons. The summed E-state index contributed by atoms with van der Waals surface area (Å²) in [5.74, 6) is 0.625. The van der Waals surface area contributed by atoms with Gasteiger partial charge in [-0.15, -0.1) is 0 Å². The van der Waals surface area contributed by atoms with Crippen LogP contribution in [0.25, 0.3) is 0 Å². The summed E-state index contributed by atoms with van der Waals surface area (Å²) in [5, 5.41) is 3.11. The largest absolute Gasteiger partial charge is 0.484 e. The Morgan fingerprint density at radius 2 is 2.23 bits per heavy atom. The predicted octanol–water partition coefficient (Wildman–Crippen LogP) is 2.98. The van der Waals surface area contributed by atoms with Crippen LogP contribution in [0.5, 0.6) is 5.75 Å². The average Bonchev–Trinajstić information content (AvgIpc) is 3.01. The van der Waals surface area contributed by atoms with Crippen LogP contribution >= 0.6 is 11.3 Å². The quantitative estimate of drug-likeness (QED) is 0.869. The van der Waals surface area contributed by atoms with Crippen molar-refractivity contribution in [2.24, 2.45) is 0 Å². The van der Waals surface area contributed by atoms with Gasteiger partial charge in [0.2, 0.25) is 0 Å². The molecule has 1 aliphatic rings. The van der Waals surface area contributed by atoms with Crippen molar-refractivity contribution in [3.05, 3.63) is 40.4 Å². The van der Waals surface area contributed by atoms with Crippen molar-refractivity contribution in [3.63, 3.8) is 0 Å². The number of benzene rings is 1. The molecule has 0 saturated carbocycles. The maximum absolute atomic E-state index is 12.4. The zero-order valence-electron chi connectivity index (χ0n) is 14.8. The topological polar surface area (TPSA) is 80.8 Å². The summed E-state index contributed by atoms with van der Waals surface area (Å²) < 4.78 is 10.5. The van der Waals surface area contributed by atoms with E-state index in [1.54, 1.807) is 11.8 Å². The van der Waals surface area contributed by atoms with Crippen LogP contribution in [0.2, 0.25) is 0 Å². The summed E-state index contributed by atoms with van der Waals surface area (Å²) in [7, 11) is 0. The van der Waals surface area contributed by atoms with Crippen molar-refractivity contribution in [1.29, 1.82) is 0 Å². The zero-order chi connectivity index (χ0) is 18.5. The minimum Gasteiger partial charge on any atom is -0.484 e. The normalized spacial score (nSPS) is 13.1. The molecule has 0 unspecified atom stereocenters. The third-order valence-electron chi connectivity index (χ3n) is 3.92. The number of hydrogen-bond acceptors (Lipinski definition) is 6. The summed E-state index contributed by atoms with van der Waals surface area (Å²) in [4.78, 5) is 31.1. The number of aromatic nitrogens is 1. The predicted molar refractivity (Wildman–Crippen MR) is 98.6 cm³/mol. The highest BCUT2D eigenvalue weighted by atomic mass is 32.1. The highest BCUT2D eigenvalue weighted by molar-refractivity contribution is 7.15. The van der Waals surface area contributed by atoms with Gasteiger partial charge in [-0.25, -0.2) is 9.78 Å². The number of nitrogens with one attached hydrogen (secondary N) is 1. The second kappa shape index (κ2) is 8.18. The Labute approximate surface area is 155 Å². The maximum atomic E-state index is 12.4. The van der Waals surface area contributed by atoms with E-state index in [0.717, 1.165) is 16.1 Å². The van der Waals surface area contributed by atoms with Crippen molar-refractivity contribution in [3.8, 4) is 5.75 Å². The van der Waals surface area contributed by atoms with Crippen LogP contribution in [0.4, 0.5) is 9.93 Å². The lowest BCUT2D eigenvalue weighted by molar-refractivity contribution is -0.134. The first kappa shape index (κ1) is 18.2. The van der Waals surface area contributed by atoms with Gasteiger partial charge in [0.05, 0.1) is 18.8 Å². The fourth-order valence-electron chi connectivity index (χ4n) is 2.66. The van der Waals surface area contributed by atoms with Crippen LogP contribution in [-0.4, -0.2) is 41.6 Å². The van der Waals surface area contributed by atoms with Crippen molar-refractivity contribution in [2.75, 3.05) is 25.1 Å². The van der Waals surface area contributed by atoms with Crippen molar-refractivity contribution in [2.45, 2.75) is 26.8 Å². The molecule has 1 aromatic heterocycles. The number of amides is 2. The molecule has 0 atom stereocenters. The SMILES string of the molecule is CCOC(=O)Nc1nc2c(s1)CN(C(=O)COc1cccc(C)c1)CC2. The number of rotatable bonds is 5. The number of fused-ring (bicyclic) bond motifs is 1. The number of thiazole rings is 1. The number of nitrogens with zero attached hydrogens (tertiary/aromatic N) is 2. The van der Waals surface area contributed by atoms with Crippen LogP contribution in [0.1, 0.15) is 23.1 Å². The van der Waals surface area contributed by atoms with Crippen LogP contribution in [-0.2, 0) is 22.5 Å². The van der Waals surface area contributed by atoms with Gasteiger partial charge in [-0.1, -0.05) is 23.5 Å². The van der Waals surface area contributed by atoms with Crippen molar-refractivity contribution < 1.29 is 19.1 Å². The third kappa shape index (κ3) is 4.51. The summed E-state index contributed by atoms with van der Waals surface area (Å²) in [6, 6.07) is 7.62. The number of anilines is 1. The molecule has 0 bridgehead atoms. The lowest BCUT2D eigenvalue weighted by Crippen LogP contribution is -2.38. The molecule has 2 amide bonds. The van der Waals surface area contributed by atoms with Gasteiger partial charge in [0.25, 0.3) is 5.91 Å². The first-order valence-electron chi connectivity index (χ1n) is 8.44. The molecule has 138 valence electrons. The Morgan fingerprint density at radius 3 is 3.00 bits per heavy atom. The van der Waals surface area contributed by atoms with Gasteiger partial charge in [0.1, 0.15) is 5.75 Å². The molecule has 2 aromatic rings. The summed E-state index contributed by atoms with van der Waals surface area (Å²) in [5.41, 5.74) is 2.01. The molecule has 1 N–H and O–H groups in total. The van der Waals surface area contributed by atoms with Crippen LogP contribution in [0.15, 0.2) is 24.3 Å². The van der Waals surface area contributed by atoms with Gasteiger partial charge in [0.15, 0.2) is 11.7 Å². The highest BCUT2D eigenvalue weighted by Crippen LogP contribution is 2.28. The molecular formula is C18H21N3O4S. The van der Waals surface area contributed by atoms with Crippen LogP contribution in [0, 0.1) is 6.92 Å². The van der Waals surface area contributed by atoms with E-state index in [0.29, 0.717) is 37.0 Å². The lowest BCUT2D eigenvalue weighted by Gasteiger charge is -2.26. The van der Waals surface area contributed by atoms with E-state index in [4.69, 9.17) is 9.47 Å². The molecule has 1 aromatic carbocycles. The van der Waals surface area contributed by atoms with E-state index >= 15 is 0 Å². The minimum atomic E-state index is -0.516. The average molecular weight is 375 g/mol. The second-order valence-corrected chi connectivity index (χ2v) is 6.99. The number of ether oxygens (including phenoxy) is 2. The first-order chi connectivity index (χ1) is 12.5. The molecule has 0 aliphatic carbocycles. The number of hydrogen-bond donors (Lipinski definition) is 1. The van der Waals surface area contributed by atoms with E-state index < -0.39 is 6.09 Å². The molecule has 7 nitrogen and oxygen atoms in total. The number of carbonyl (C=O) groups is 2. The van der Waals surface area contributed by atoms with Gasteiger partial charge in [-0.2, -0.15) is 0 Å². The molecule has 8 heteroatoms. The second-order valence-electron chi connectivity index (χ2n) is 5.90. The Kier molecular flexibility index (Phi) is 5.72. The molecule has 1 aliphatic heterocycles. The smallest absolute Gasteiger partial charge is 0.413 e. The molecule has 2 heterocycles. The lowest BCUT2D eigenvalue weighted by atomic mass is 10.2. The van der Waals surface area contributed by atoms with E-state index in [2.05, 4.69) is 10.3 Å². The van der Waals surface area contributed by atoms with Gasteiger partial charge < -0.3 is 14.4 Å². The Balaban J connectivity index is 1.56. The van der Waals surface area contributed by atoms with E-state index in [1.165, 1.54) is 11.3 Å². The Morgan fingerprint density at radius 1 is 1.38 bits per heavy atom. The molecule has 3 rings (SSSR count). The van der Waals surface area contributed by atoms with Crippen molar-refractivity contribution >= 4 is 28.5 Å². The molecule has 0 fully saturated rings. The number of carbonyl (C=O) groups excluding carboxylic acids is 2. The summed E-state index contributed by atoms with van der Waals surface area (Å²) in [6.45, 7) is 5.10. The molecule has 0 spiro atoms.